The minimum Gasteiger partial charge on any atom is -0.345 e. The molecule has 0 saturated carbocycles. The van der Waals surface area contributed by atoms with Crippen molar-refractivity contribution in [3.8, 4) is 0 Å². The molecule has 1 unspecified atom stereocenters. The minimum absolute atomic E-state index is 0.0614. The molecule has 18 heavy (non-hydrogen) atoms. The van der Waals surface area contributed by atoms with E-state index in [2.05, 4.69) is 5.32 Å². The summed E-state index contributed by atoms with van der Waals surface area (Å²) in [7, 11) is 0. The van der Waals surface area contributed by atoms with Crippen LogP contribution in [0, 0.1) is 0 Å². The van der Waals surface area contributed by atoms with Crippen molar-refractivity contribution in [3.05, 3.63) is 35.2 Å². The molecule has 4 heteroatoms. The third kappa shape index (κ3) is 2.68. The van der Waals surface area contributed by atoms with Gasteiger partial charge in [-0.05, 0) is 38.3 Å². The second kappa shape index (κ2) is 4.90. The fourth-order valence-electron chi connectivity index (χ4n) is 1.55. The van der Waals surface area contributed by atoms with E-state index in [1.165, 1.54) is 11.3 Å². The van der Waals surface area contributed by atoms with Crippen LogP contribution in [-0.2, 0) is 0 Å². The number of carbonyl (C=O) groups excluding carboxylic acids is 1. The summed E-state index contributed by atoms with van der Waals surface area (Å²) in [6, 6.07) is 9.90. The Morgan fingerprint density at radius 2 is 2.06 bits per heavy atom. The molecule has 0 fully saturated rings. The van der Waals surface area contributed by atoms with Crippen LogP contribution >= 0.6 is 22.9 Å². The molecule has 0 aliphatic rings. The molecule has 0 aliphatic heterocycles. The van der Waals surface area contributed by atoms with Crippen LogP contribution in [0.5, 0.6) is 0 Å². The second-order valence-electron chi connectivity index (χ2n) is 4.94. The molecule has 0 spiro atoms. The number of halogens is 1. The maximum atomic E-state index is 12.2. The van der Waals surface area contributed by atoms with E-state index >= 15 is 0 Å². The molecule has 2 nitrogen and oxygen atoms in total. The normalized spacial score (nSPS) is 13.6. The Morgan fingerprint density at radius 1 is 1.39 bits per heavy atom. The number of fused-ring (bicyclic) bond motifs is 1. The van der Waals surface area contributed by atoms with E-state index in [0.29, 0.717) is 0 Å². The van der Waals surface area contributed by atoms with Gasteiger partial charge in [-0.2, -0.15) is 0 Å². The van der Waals surface area contributed by atoms with Crippen molar-refractivity contribution in [2.45, 2.75) is 31.7 Å². The van der Waals surface area contributed by atoms with Crippen molar-refractivity contribution in [3.63, 3.8) is 0 Å². The summed E-state index contributed by atoms with van der Waals surface area (Å²) in [6.07, 6.45) is 0. The standard InChI is InChI=1S/C14H16ClNOS/c1-9(15)14(2,3)16-13(17)12-8-10-6-4-5-7-11(10)18-12/h4-9H,1-3H3,(H,16,17). The number of benzene rings is 1. The number of hydrogen-bond donors (Lipinski definition) is 1. The zero-order valence-corrected chi connectivity index (χ0v) is 12.2. The number of alkyl halides is 1. The van der Waals surface area contributed by atoms with Crippen molar-refractivity contribution >= 4 is 38.9 Å². The smallest absolute Gasteiger partial charge is 0.261 e. The van der Waals surface area contributed by atoms with Gasteiger partial charge in [-0.1, -0.05) is 18.2 Å². The van der Waals surface area contributed by atoms with Crippen molar-refractivity contribution in [2.75, 3.05) is 0 Å². The number of hydrogen-bond acceptors (Lipinski definition) is 2. The predicted molar refractivity (Wildman–Crippen MR) is 78.7 cm³/mol. The molecule has 1 aromatic carbocycles. The quantitative estimate of drug-likeness (QED) is 0.846. The highest BCUT2D eigenvalue weighted by molar-refractivity contribution is 7.20. The van der Waals surface area contributed by atoms with Crippen LogP contribution in [0.4, 0.5) is 0 Å². The number of carbonyl (C=O) groups is 1. The summed E-state index contributed by atoms with van der Waals surface area (Å²) in [6.45, 7) is 5.73. The Bertz CT molecular complexity index is 541. The Labute approximate surface area is 116 Å². The number of rotatable bonds is 3. The minimum atomic E-state index is -0.422. The number of amides is 1. The van der Waals surface area contributed by atoms with Crippen molar-refractivity contribution in [1.29, 1.82) is 0 Å². The van der Waals surface area contributed by atoms with Crippen LogP contribution in [0.1, 0.15) is 30.4 Å². The van der Waals surface area contributed by atoms with Gasteiger partial charge >= 0.3 is 0 Å². The van der Waals surface area contributed by atoms with Gasteiger partial charge in [-0.15, -0.1) is 22.9 Å². The SMILES string of the molecule is CC(Cl)C(C)(C)NC(=O)c1cc2ccccc2s1. The molecule has 96 valence electrons. The number of thiophene rings is 1. The molecule has 1 N–H and O–H groups in total. The lowest BCUT2D eigenvalue weighted by Gasteiger charge is -2.28. The lowest BCUT2D eigenvalue weighted by molar-refractivity contribution is 0.0916. The Kier molecular flexibility index (Phi) is 3.64. The van der Waals surface area contributed by atoms with E-state index in [9.17, 15) is 4.79 Å². The third-order valence-corrected chi connectivity index (χ3v) is 4.74. The summed E-state index contributed by atoms with van der Waals surface area (Å²) in [5, 5.41) is 3.94. The first-order valence-electron chi connectivity index (χ1n) is 5.85. The molecule has 0 radical (unpaired) electrons. The van der Waals surface area contributed by atoms with Gasteiger partial charge in [0.25, 0.3) is 5.91 Å². The van der Waals surface area contributed by atoms with E-state index in [-0.39, 0.29) is 11.3 Å². The van der Waals surface area contributed by atoms with Gasteiger partial charge in [0, 0.05) is 4.70 Å². The van der Waals surface area contributed by atoms with Crippen molar-refractivity contribution < 1.29 is 4.79 Å². The van der Waals surface area contributed by atoms with E-state index < -0.39 is 5.54 Å². The van der Waals surface area contributed by atoms with Crippen LogP contribution < -0.4 is 5.32 Å². The maximum Gasteiger partial charge on any atom is 0.261 e. The van der Waals surface area contributed by atoms with Crippen molar-refractivity contribution in [2.24, 2.45) is 0 Å². The molecular formula is C14H16ClNOS. The first-order chi connectivity index (χ1) is 8.40. The zero-order chi connectivity index (χ0) is 13.3. The first-order valence-corrected chi connectivity index (χ1v) is 7.10. The monoisotopic (exact) mass is 281 g/mol. The van der Waals surface area contributed by atoms with Crippen LogP contribution in [-0.4, -0.2) is 16.8 Å². The summed E-state index contributed by atoms with van der Waals surface area (Å²) >= 11 is 7.57. The van der Waals surface area contributed by atoms with E-state index in [1.807, 2.05) is 51.1 Å². The van der Waals surface area contributed by atoms with Gasteiger partial charge in [0.1, 0.15) is 0 Å². The molecule has 2 rings (SSSR count). The largest absolute Gasteiger partial charge is 0.345 e. The summed E-state index contributed by atoms with van der Waals surface area (Å²) in [5.74, 6) is -0.0614. The van der Waals surface area contributed by atoms with Gasteiger partial charge in [-0.25, -0.2) is 0 Å². The molecule has 0 aliphatic carbocycles. The van der Waals surface area contributed by atoms with E-state index in [1.54, 1.807) is 0 Å². The molecule has 2 aromatic rings. The Balaban J connectivity index is 2.24. The van der Waals surface area contributed by atoms with Crippen LogP contribution in [0.2, 0.25) is 0 Å². The fourth-order valence-corrected chi connectivity index (χ4v) is 2.56. The predicted octanol–water partition coefficient (Wildman–Crippen LogP) is 4.04. The summed E-state index contributed by atoms with van der Waals surface area (Å²) in [5.41, 5.74) is -0.422. The average molecular weight is 282 g/mol. The Morgan fingerprint density at radius 3 is 2.67 bits per heavy atom. The van der Waals surface area contributed by atoms with Crippen LogP contribution in [0.25, 0.3) is 10.1 Å². The average Bonchev–Trinajstić information content (AvgIpc) is 2.71. The molecule has 1 aromatic heterocycles. The van der Waals surface area contributed by atoms with Gasteiger partial charge in [0.05, 0.1) is 15.8 Å². The highest BCUT2D eigenvalue weighted by Gasteiger charge is 2.27. The van der Waals surface area contributed by atoms with Gasteiger partial charge in [0.15, 0.2) is 0 Å². The van der Waals surface area contributed by atoms with Crippen LogP contribution in [0.15, 0.2) is 30.3 Å². The lowest BCUT2D eigenvalue weighted by atomic mass is 10.0. The first kappa shape index (κ1) is 13.4. The second-order valence-corrected chi connectivity index (χ2v) is 6.68. The molecule has 0 bridgehead atoms. The molecule has 1 heterocycles. The maximum absolute atomic E-state index is 12.2. The topological polar surface area (TPSA) is 29.1 Å². The zero-order valence-electron chi connectivity index (χ0n) is 10.7. The summed E-state index contributed by atoms with van der Waals surface area (Å²) in [4.78, 5) is 12.9. The molecule has 0 saturated heterocycles. The lowest BCUT2D eigenvalue weighted by Crippen LogP contribution is -2.48. The molecule has 1 amide bonds. The van der Waals surface area contributed by atoms with E-state index in [4.69, 9.17) is 11.6 Å². The highest BCUT2D eigenvalue weighted by atomic mass is 35.5. The highest BCUT2D eigenvalue weighted by Crippen LogP contribution is 2.26. The van der Waals surface area contributed by atoms with Crippen molar-refractivity contribution in [1.82, 2.24) is 5.32 Å². The van der Waals surface area contributed by atoms with Gasteiger partial charge in [-0.3, -0.25) is 4.79 Å². The Hall–Kier alpha value is -1.06. The number of nitrogens with one attached hydrogen (secondary N) is 1. The third-order valence-electron chi connectivity index (χ3n) is 3.08. The fraction of sp³-hybridized carbons (Fsp3) is 0.357. The van der Waals surface area contributed by atoms with Crippen LogP contribution in [0.3, 0.4) is 0 Å². The van der Waals surface area contributed by atoms with Gasteiger partial charge < -0.3 is 5.32 Å². The van der Waals surface area contributed by atoms with Gasteiger partial charge in [0.2, 0.25) is 0 Å². The molecule has 1 atom stereocenters. The summed E-state index contributed by atoms with van der Waals surface area (Å²) < 4.78 is 1.12. The molecular weight excluding hydrogens is 266 g/mol. The van der Waals surface area contributed by atoms with E-state index in [0.717, 1.165) is 15.0 Å².